The first-order valence-electron chi connectivity index (χ1n) is 8.44. The molecule has 132 valence electrons. The lowest BCUT2D eigenvalue weighted by molar-refractivity contribution is -0.122. The first kappa shape index (κ1) is 17.3. The van der Waals surface area contributed by atoms with Crippen LogP contribution in [0.4, 0.5) is 8.78 Å². The van der Waals surface area contributed by atoms with E-state index in [0.717, 1.165) is 23.0 Å². The maximum atomic E-state index is 13.1. The summed E-state index contributed by atoms with van der Waals surface area (Å²) in [5, 5.41) is 2.99. The predicted molar refractivity (Wildman–Crippen MR) is 91.0 cm³/mol. The number of nitrogens with one attached hydrogen (secondary N) is 1. The molecule has 2 aromatic rings. The molecule has 0 aliphatic heterocycles. The van der Waals surface area contributed by atoms with Crippen LogP contribution in [-0.4, -0.2) is 15.5 Å². The van der Waals surface area contributed by atoms with Gasteiger partial charge in [0.15, 0.2) is 0 Å². The van der Waals surface area contributed by atoms with E-state index in [4.69, 9.17) is 0 Å². The summed E-state index contributed by atoms with van der Waals surface area (Å²) >= 11 is 0. The number of hydrogen-bond donors (Lipinski definition) is 1. The van der Waals surface area contributed by atoms with Crippen LogP contribution in [0.3, 0.4) is 0 Å². The average Bonchev–Trinajstić information content (AvgIpc) is 3.26. The minimum Gasteiger partial charge on any atom is -0.349 e. The van der Waals surface area contributed by atoms with E-state index >= 15 is 0 Å². The summed E-state index contributed by atoms with van der Waals surface area (Å²) in [6, 6.07) is 9.00. The number of hydrogen-bond acceptors (Lipinski definition) is 2. The lowest BCUT2D eigenvalue weighted by atomic mass is 10.0. The van der Waals surface area contributed by atoms with E-state index in [1.165, 1.54) is 12.4 Å². The zero-order chi connectivity index (χ0) is 17.6. The summed E-state index contributed by atoms with van der Waals surface area (Å²) in [5.74, 6) is 0.449. The van der Waals surface area contributed by atoms with Crippen molar-refractivity contribution in [2.24, 2.45) is 5.92 Å². The van der Waals surface area contributed by atoms with E-state index in [1.807, 2.05) is 30.3 Å². The number of aromatic nitrogens is 2. The second-order valence-electron chi connectivity index (χ2n) is 6.23. The average molecular weight is 345 g/mol. The number of allylic oxidation sites excluding steroid dienone is 2. The van der Waals surface area contributed by atoms with Gasteiger partial charge in [0.2, 0.25) is 5.91 Å². The van der Waals surface area contributed by atoms with Crippen molar-refractivity contribution < 1.29 is 13.6 Å². The normalized spacial score (nSPS) is 17.8. The fraction of sp³-hybridized carbons (Fsp3) is 0.368. The zero-order valence-electron chi connectivity index (χ0n) is 13.8. The molecule has 6 heteroatoms. The molecular formula is C19H21F2N3O. The number of halogens is 2. The van der Waals surface area contributed by atoms with E-state index in [0.29, 0.717) is 6.42 Å². The van der Waals surface area contributed by atoms with Crippen molar-refractivity contribution in [1.29, 1.82) is 0 Å². The summed E-state index contributed by atoms with van der Waals surface area (Å²) in [4.78, 5) is 16.4. The molecule has 25 heavy (non-hydrogen) atoms. The van der Waals surface area contributed by atoms with Crippen LogP contribution in [0.15, 0.2) is 54.9 Å². The van der Waals surface area contributed by atoms with Gasteiger partial charge in [0.05, 0.1) is 6.04 Å². The number of benzene rings is 1. The topological polar surface area (TPSA) is 46.9 Å². The Balaban J connectivity index is 1.74. The number of rotatable bonds is 7. The van der Waals surface area contributed by atoms with E-state index in [2.05, 4.69) is 22.5 Å². The third-order valence-electron chi connectivity index (χ3n) is 4.44. The number of carbonyl (C=O) groups is 1. The van der Waals surface area contributed by atoms with Crippen LogP contribution in [-0.2, 0) is 11.2 Å². The SMILES string of the molecule is O=C(CC1C=CCC1)NC(Cc1nccn1C(F)F)c1ccccc1. The third kappa shape index (κ3) is 4.53. The Morgan fingerprint density at radius 3 is 2.80 bits per heavy atom. The molecule has 1 heterocycles. The Morgan fingerprint density at radius 1 is 1.32 bits per heavy atom. The Bertz CT molecular complexity index is 727. The fourth-order valence-corrected chi connectivity index (χ4v) is 3.16. The van der Waals surface area contributed by atoms with Gasteiger partial charge in [0.1, 0.15) is 5.82 Å². The highest BCUT2D eigenvalue weighted by Gasteiger charge is 2.21. The zero-order valence-corrected chi connectivity index (χ0v) is 13.8. The molecular weight excluding hydrogens is 324 g/mol. The Hall–Kier alpha value is -2.50. The van der Waals surface area contributed by atoms with Crippen molar-refractivity contribution in [2.75, 3.05) is 0 Å². The molecule has 1 aliphatic rings. The highest BCUT2D eigenvalue weighted by molar-refractivity contribution is 5.77. The lowest BCUT2D eigenvalue weighted by Gasteiger charge is -2.20. The molecule has 0 saturated heterocycles. The van der Waals surface area contributed by atoms with E-state index < -0.39 is 6.55 Å². The van der Waals surface area contributed by atoms with Gasteiger partial charge in [0, 0.05) is 25.2 Å². The van der Waals surface area contributed by atoms with Crippen LogP contribution in [0.25, 0.3) is 0 Å². The van der Waals surface area contributed by atoms with Crippen LogP contribution in [0.2, 0.25) is 0 Å². The molecule has 0 spiro atoms. The molecule has 0 fully saturated rings. The summed E-state index contributed by atoms with van der Waals surface area (Å²) in [6.07, 6.45) is 9.40. The number of imidazole rings is 1. The van der Waals surface area contributed by atoms with Crippen molar-refractivity contribution >= 4 is 5.91 Å². The number of alkyl halides is 2. The maximum Gasteiger partial charge on any atom is 0.319 e. The van der Waals surface area contributed by atoms with Gasteiger partial charge < -0.3 is 5.32 Å². The number of nitrogens with zero attached hydrogens (tertiary/aromatic N) is 2. The van der Waals surface area contributed by atoms with Crippen LogP contribution >= 0.6 is 0 Å². The molecule has 0 radical (unpaired) electrons. The minimum absolute atomic E-state index is 0.0689. The number of amides is 1. The third-order valence-corrected chi connectivity index (χ3v) is 4.44. The van der Waals surface area contributed by atoms with Gasteiger partial charge in [-0.1, -0.05) is 42.5 Å². The minimum atomic E-state index is -2.65. The molecule has 1 aromatic carbocycles. The highest BCUT2D eigenvalue weighted by Crippen LogP contribution is 2.23. The Labute approximate surface area is 145 Å². The lowest BCUT2D eigenvalue weighted by Crippen LogP contribution is -2.31. The first-order valence-corrected chi connectivity index (χ1v) is 8.44. The van der Waals surface area contributed by atoms with Crippen LogP contribution in [0, 0.1) is 5.92 Å². The second kappa shape index (κ2) is 8.05. The van der Waals surface area contributed by atoms with Gasteiger partial charge in [-0.2, -0.15) is 8.78 Å². The standard InChI is InChI=1S/C19H21F2N3O/c20-19(21)24-11-10-22-17(24)13-16(15-8-2-1-3-9-15)23-18(25)12-14-6-4-5-7-14/h1-4,6,8-11,14,16,19H,5,7,12-13H2,(H,23,25). The quantitative estimate of drug-likeness (QED) is 0.770. The molecule has 1 aliphatic carbocycles. The summed E-state index contributed by atoms with van der Waals surface area (Å²) < 4.78 is 27.0. The van der Waals surface area contributed by atoms with Gasteiger partial charge in [0.25, 0.3) is 0 Å². The molecule has 0 saturated carbocycles. The monoisotopic (exact) mass is 345 g/mol. The van der Waals surface area contributed by atoms with E-state index in [-0.39, 0.29) is 30.1 Å². The predicted octanol–water partition coefficient (Wildman–Crippen LogP) is 4.03. The van der Waals surface area contributed by atoms with Crippen LogP contribution < -0.4 is 5.32 Å². The summed E-state index contributed by atoms with van der Waals surface area (Å²) in [7, 11) is 0. The first-order chi connectivity index (χ1) is 12.1. The molecule has 1 aromatic heterocycles. The largest absolute Gasteiger partial charge is 0.349 e. The fourth-order valence-electron chi connectivity index (χ4n) is 3.16. The van der Waals surface area contributed by atoms with Gasteiger partial charge >= 0.3 is 6.55 Å². The maximum absolute atomic E-state index is 13.1. The van der Waals surface area contributed by atoms with Gasteiger partial charge in [-0.15, -0.1) is 0 Å². The highest BCUT2D eigenvalue weighted by atomic mass is 19.3. The van der Waals surface area contributed by atoms with E-state index in [9.17, 15) is 13.6 Å². The molecule has 1 amide bonds. The molecule has 0 bridgehead atoms. The van der Waals surface area contributed by atoms with E-state index in [1.54, 1.807) is 0 Å². The van der Waals surface area contributed by atoms with Crippen molar-refractivity contribution in [3.8, 4) is 0 Å². The molecule has 2 atom stereocenters. The number of carbonyl (C=O) groups excluding carboxylic acids is 1. The second-order valence-corrected chi connectivity index (χ2v) is 6.23. The van der Waals surface area contributed by atoms with Crippen molar-refractivity contribution in [1.82, 2.24) is 14.9 Å². The Morgan fingerprint density at radius 2 is 2.12 bits per heavy atom. The van der Waals surface area contributed by atoms with Crippen molar-refractivity contribution in [2.45, 2.75) is 38.3 Å². The Kier molecular flexibility index (Phi) is 5.58. The van der Waals surface area contributed by atoms with Gasteiger partial charge in [-0.3, -0.25) is 9.36 Å². The van der Waals surface area contributed by atoms with Gasteiger partial charge in [-0.25, -0.2) is 4.98 Å². The van der Waals surface area contributed by atoms with Crippen LogP contribution in [0.1, 0.15) is 43.2 Å². The van der Waals surface area contributed by atoms with Crippen molar-refractivity contribution in [3.63, 3.8) is 0 Å². The molecule has 2 unspecified atom stereocenters. The van der Waals surface area contributed by atoms with Crippen LogP contribution in [0.5, 0.6) is 0 Å². The smallest absolute Gasteiger partial charge is 0.319 e. The van der Waals surface area contributed by atoms with Crippen molar-refractivity contribution in [3.05, 3.63) is 66.3 Å². The summed E-state index contributed by atoms with van der Waals surface area (Å²) in [6.45, 7) is -2.65. The molecule has 3 rings (SSSR count). The molecule has 4 nitrogen and oxygen atoms in total. The summed E-state index contributed by atoms with van der Waals surface area (Å²) in [5.41, 5.74) is 0.877. The molecule has 1 N–H and O–H groups in total. The van der Waals surface area contributed by atoms with Gasteiger partial charge in [-0.05, 0) is 24.3 Å².